The Bertz CT molecular complexity index is 453. The molecule has 3 nitrogen and oxygen atoms in total. The molecule has 0 bridgehead atoms. The summed E-state index contributed by atoms with van der Waals surface area (Å²) in [5, 5.41) is 15.1. The molecule has 1 aromatic heterocycles. The molecule has 0 aliphatic heterocycles. The summed E-state index contributed by atoms with van der Waals surface area (Å²) in [6, 6.07) is 11.6. The molecule has 0 aliphatic carbocycles. The van der Waals surface area contributed by atoms with Crippen molar-refractivity contribution in [2.75, 3.05) is 18.5 Å². The van der Waals surface area contributed by atoms with Gasteiger partial charge < -0.3 is 15.2 Å². The number of thiophene rings is 1. The lowest BCUT2D eigenvalue weighted by Crippen LogP contribution is -2.10. The maximum absolute atomic E-state index is 9.93. The van der Waals surface area contributed by atoms with E-state index < -0.39 is 6.10 Å². The Morgan fingerprint density at radius 2 is 2.06 bits per heavy atom. The second-order valence-corrected chi connectivity index (χ2v) is 4.85. The molecule has 1 atom stereocenters. The predicted molar refractivity (Wildman–Crippen MR) is 75.4 cm³/mol. The van der Waals surface area contributed by atoms with Gasteiger partial charge in [-0.15, -0.1) is 11.3 Å². The molecule has 18 heavy (non-hydrogen) atoms. The van der Waals surface area contributed by atoms with Crippen LogP contribution in [0.4, 0.5) is 5.69 Å². The molecular formula is C14H17NO2S. The van der Waals surface area contributed by atoms with E-state index in [1.807, 2.05) is 48.7 Å². The average molecular weight is 263 g/mol. The van der Waals surface area contributed by atoms with Crippen LogP contribution in [0.5, 0.6) is 5.75 Å². The van der Waals surface area contributed by atoms with Crippen molar-refractivity contribution in [3.8, 4) is 5.75 Å². The molecule has 4 heteroatoms. The number of hydrogen-bond acceptors (Lipinski definition) is 4. The van der Waals surface area contributed by atoms with Gasteiger partial charge in [0, 0.05) is 17.1 Å². The topological polar surface area (TPSA) is 41.5 Å². The first-order chi connectivity index (χ1) is 8.79. The molecule has 0 fully saturated rings. The van der Waals surface area contributed by atoms with Crippen molar-refractivity contribution in [2.45, 2.75) is 13.0 Å². The monoisotopic (exact) mass is 263 g/mol. The van der Waals surface area contributed by atoms with Crippen LogP contribution in [0.3, 0.4) is 0 Å². The molecule has 2 aromatic rings. The fourth-order valence-electron chi connectivity index (χ4n) is 1.63. The van der Waals surface area contributed by atoms with E-state index in [2.05, 4.69) is 5.32 Å². The highest BCUT2D eigenvalue weighted by Gasteiger charge is 2.07. The summed E-state index contributed by atoms with van der Waals surface area (Å²) in [6.07, 6.45) is -0.462. The van der Waals surface area contributed by atoms with Crippen LogP contribution in [0.25, 0.3) is 0 Å². The molecule has 1 aromatic carbocycles. The number of nitrogens with one attached hydrogen (secondary N) is 1. The average Bonchev–Trinajstić information content (AvgIpc) is 2.92. The minimum atomic E-state index is -0.462. The third-order valence-corrected chi connectivity index (χ3v) is 3.51. The zero-order valence-corrected chi connectivity index (χ0v) is 11.1. The lowest BCUT2D eigenvalue weighted by molar-refractivity contribution is 0.195. The zero-order valence-electron chi connectivity index (χ0n) is 10.3. The molecule has 0 saturated heterocycles. The molecule has 0 radical (unpaired) electrons. The first-order valence-corrected chi connectivity index (χ1v) is 6.85. The van der Waals surface area contributed by atoms with Crippen LogP contribution in [0.1, 0.15) is 17.9 Å². The molecule has 2 N–H and O–H groups in total. The van der Waals surface area contributed by atoms with Gasteiger partial charge in [-0.2, -0.15) is 0 Å². The molecule has 2 rings (SSSR count). The van der Waals surface area contributed by atoms with Crippen molar-refractivity contribution >= 4 is 17.0 Å². The van der Waals surface area contributed by atoms with E-state index in [0.29, 0.717) is 13.2 Å². The first kappa shape index (κ1) is 12.9. The van der Waals surface area contributed by atoms with Crippen LogP contribution < -0.4 is 10.1 Å². The normalized spacial score (nSPS) is 12.1. The molecule has 1 unspecified atom stereocenters. The van der Waals surface area contributed by atoms with E-state index in [4.69, 9.17) is 4.74 Å². The van der Waals surface area contributed by atoms with E-state index >= 15 is 0 Å². The third kappa shape index (κ3) is 3.48. The minimum absolute atomic E-state index is 0.462. The molecule has 0 aliphatic rings. The van der Waals surface area contributed by atoms with Gasteiger partial charge in [-0.25, -0.2) is 0 Å². The van der Waals surface area contributed by atoms with E-state index in [-0.39, 0.29) is 0 Å². The van der Waals surface area contributed by atoms with E-state index in [9.17, 15) is 5.11 Å². The maximum Gasteiger partial charge on any atom is 0.119 e. The van der Waals surface area contributed by atoms with Crippen LogP contribution >= 0.6 is 11.3 Å². The largest absolute Gasteiger partial charge is 0.494 e. The minimum Gasteiger partial charge on any atom is -0.494 e. The second kappa shape index (κ2) is 6.42. The second-order valence-electron chi connectivity index (χ2n) is 3.87. The lowest BCUT2D eigenvalue weighted by atomic mass is 10.2. The van der Waals surface area contributed by atoms with E-state index in [1.54, 1.807) is 11.3 Å². The van der Waals surface area contributed by atoms with Crippen LogP contribution in [0.2, 0.25) is 0 Å². The first-order valence-electron chi connectivity index (χ1n) is 5.98. The maximum atomic E-state index is 9.93. The van der Waals surface area contributed by atoms with Gasteiger partial charge in [0.25, 0.3) is 0 Å². The van der Waals surface area contributed by atoms with Crippen molar-refractivity contribution in [2.24, 2.45) is 0 Å². The van der Waals surface area contributed by atoms with E-state index in [1.165, 1.54) is 0 Å². The SMILES string of the molecule is CCOc1ccc(NCC(O)c2cccs2)cc1. The van der Waals surface area contributed by atoms with Gasteiger partial charge >= 0.3 is 0 Å². The summed E-state index contributed by atoms with van der Waals surface area (Å²) in [6.45, 7) is 3.14. The Morgan fingerprint density at radius 1 is 1.28 bits per heavy atom. The smallest absolute Gasteiger partial charge is 0.119 e. The van der Waals surface area contributed by atoms with Crippen molar-refractivity contribution in [3.05, 3.63) is 46.7 Å². The number of hydrogen-bond donors (Lipinski definition) is 2. The van der Waals surface area contributed by atoms with Crippen molar-refractivity contribution in [3.63, 3.8) is 0 Å². The highest BCUT2D eigenvalue weighted by molar-refractivity contribution is 7.10. The lowest BCUT2D eigenvalue weighted by Gasteiger charge is -2.11. The highest BCUT2D eigenvalue weighted by atomic mass is 32.1. The van der Waals surface area contributed by atoms with Crippen LogP contribution in [-0.2, 0) is 0 Å². The Balaban J connectivity index is 1.86. The molecular weight excluding hydrogens is 246 g/mol. The summed E-state index contributed by atoms with van der Waals surface area (Å²) in [5.74, 6) is 0.863. The zero-order chi connectivity index (χ0) is 12.8. The molecule has 0 saturated carbocycles. The van der Waals surface area contributed by atoms with Gasteiger partial charge in [0.05, 0.1) is 6.61 Å². The fraction of sp³-hybridized carbons (Fsp3) is 0.286. The third-order valence-electron chi connectivity index (χ3n) is 2.54. The quantitative estimate of drug-likeness (QED) is 0.840. The van der Waals surface area contributed by atoms with Crippen LogP contribution in [0, 0.1) is 0 Å². The Morgan fingerprint density at radius 3 is 2.67 bits per heavy atom. The van der Waals surface area contributed by atoms with E-state index in [0.717, 1.165) is 16.3 Å². The fourth-order valence-corrected chi connectivity index (χ4v) is 2.34. The summed E-state index contributed by atoms with van der Waals surface area (Å²) in [7, 11) is 0. The van der Waals surface area contributed by atoms with Gasteiger partial charge in [0.1, 0.15) is 11.9 Å². The summed E-state index contributed by atoms with van der Waals surface area (Å²) < 4.78 is 5.37. The van der Waals surface area contributed by atoms with Gasteiger partial charge in [-0.05, 0) is 42.6 Å². The predicted octanol–water partition coefficient (Wildman–Crippen LogP) is 3.29. The number of aliphatic hydroxyl groups excluding tert-OH is 1. The van der Waals surface area contributed by atoms with Crippen LogP contribution in [0.15, 0.2) is 41.8 Å². The summed E-state index contributed by atoms with van der Waals surface area (Å²) in [5.41, 5.74) is 0.981. The number of anilines is 1. The Labute approximate surface area is 111 Å². The molecule has 0 spiro atoms. The van der Waals surface area contributed by atoms with Crippen LogP contribution in [-0.4, -0.2) is 18.3 Å². The van der Waals surface area contributed by atoms with Gasteiger partial charge in [0.2, 0.25) is 0 Å². The number of rotatable bonds is 6. The van der Waals surface area contributed by atoms with Crippen molar-refractivity contribution < 1.29 is 9.84 Å². The van der Waals surface area contributed by atoms with Gasteiger partial charge in [0.15, 0.2) is 0 Å². The number of benzene rings is 1. The van der Waals surface area contributed by atoms with Gasteiger partial charge in [-0.3, -0.25) is 0 Å². The van der Waals surface area contributed by atoms with Crippen molar-refractivity contribution in [1.29, 1.82) is 0 Å². The molecule has 0 amide bonds. The van der Waals surface area contributed by atoms with Gasteiger partial charge in [-0.1, -0.05) is 6.07 Å². The number of aliphatic hydroxyl groups is 1. The molecule has 1 heterocycles. The highest BCUT2D eigenvalue weighted by Crippen LogP contribution is 2.20. The standard InChI is InChI=1S/C14H17NO2S/c1-2-17-12-7-5-11(6-8-12)15-10-13(16)14-4-3-9-18-14/h3-9,13,15-16H,2,10H2,1H3. The van der Waals surface area contributed by atoms with Crippen molar-refractivity contribution in [1.82, 2.24) is 0 Å². The summed E-state index contributed by atoms with van der Waals surface area (Å²) in [4.78, 5) is 0.980. The molecule has 96 valence electrons. The Hall–Kier alpha value is -1.52. The number of ether oxygens (including phenoxy) is 1. The Kier molecular flexibility index (Phi) is 4.61. The summed E-state index contributed by atoms with van der Waals surface area (Å²) >= 11 is 1.57.